The highest BCUT2D eigenvalue weighted by molar-refractivity contribution is 7.99. The van der Waals surface area contributed by atoms with Crippen LogP contribution in [0.1, 0.15) is 39.9 Å². The highest BCUT2D eigenvalue weighted by atomic mass is 32.2. The average molecular weight is 697 g/mol. The van der Waals surface area contributed by atoms with Crippen LogP contribution < -0.4 is 19.5 Å². The molecule has 1 aliphatic heterocycles. The van der Waals surface area contributed by atoms with Crippen LogP contribution in [0.25, 0.3) is 5.69 Å². The first-order valence-corrected chi connectivity index (χ1v) is 17.5. The second-order valence-electron chi connectivity index (χ2n) is 11.3. The summed E-state index contributed by atoms with van der Waals surface area (Å²) in [6.07, 6.45) is 0.525. The van der Waals surface area contributed by atoms with Crippen LogP contribution in [-0.4, -0.2) is 63.9 Å². The number of para-hydroxylation sites is 2. The molecule has 1 aliphatic rings. The van der Waals surface area contributed by atoms with Gasteiger partial charge in [-0.15, -0.1) is 21.5 Å². The van der Waals surface area contributed by atoms with Gasteiger partial charge in [0.2, 0.25) is 0 Å². The summed E-state index contributed by atoms with van der Waals surface area (Å²) in [5.41, 5.74) is 4.55. The van der Waals surface area contributed by atoms with Crippen molar-refractivity contribution in [2.45, 2.75) is 38.0 Å². The van der Waals surface area contributed by atoms with E-state index in [2.05, 4.69) is 15.5 Å². The molecule has 2 aromatic heterocycles. The van der Waals surface area contributed by atoms with E-state index in [1.165, 1.54) is 11.8 Å². The van der Waals surface area contributed by atoms with Crippen LogP contribution in [0.5, 0.6) is 17.2 Å². The Hall–Kier alpha value is -5.14. The largest absolute Gasteiger partial charge is 0.493 e. The molecule has 0 aliphatic carbocycles. The molecule has 0 radical (unpaired) electrons. The molecule has 3 aromatic carbocycles. The van der Waals surface area contributed by atoms with Crippen molar-refractivity contribution in [3.05, 3.63) is 112 Å². The lowest BCUT2D eigenvalue weighted by Gasteiger charge is -2.24. The molecule has 49 heavy (non-hydrogen) atoms. The Kier molecular flexibility index (Phi) is 10.6. The van der Waals surface area contributed by atoms with E-state index in [0.29, 0.717) is 34.7 Å². The van der Waals surface area contributed by atoms with Gasteiger partial charge in [-0.2, -0.15) is 5.10 Å². The summed E-state index contributed by atoms with van der Waals surface area (Å²) >= 11 is 2.85. The fraction of sp³-hybridized carbons (Fsp3) is 0.250. The minimum absolute atomic E-state index is 0.0459. The number of nitrogens with one attached hydrogen (secondary N) is 1. The highest BCUT2D eigenvalue weighted by Crippen LogP contribution is 2.42. The molecule has 0 saturated carbocycles. The summed E-state index contributed by atoms with van der Waals surface area (Å²) < 4.78 is 18.8. The Bertz CT molecular complexity index is 1960. The van der Waals surface area contributed by atoms with E-state index in [4.69, 9.17) is 19.3 Å². The number of methoxy groups -OCH3 is 2. The van der Waals surface area contributed by atoms with Crippen LogP contribution in [0.15, 0.2) is 94.5 Å². The van der Waals surface area contributed by atoms with Crippen LogP contribution in [0.3, 0.4) is 0 Å². The maximum absolute atomic E-state index is 14.1. The van der Waals surface area contributed by atoms with Gasteiger partial charge in [-0.3, -0.25) is 14.2 Å². The van der Waals surface area contributed by atoms with Crippen molar-refractivity contribution in [1.29, 1.82) is 0 Å². The number of benzene rings is 3. The summed E-state index contributed by atoms with van der Waals surface area (Å²) in [7, 11) is 3.18. The summed E-state index contributed by atoms with van der Waals surface area (Å²) in [4.78, 5) is 27.8. The summed E-state index contributed by atoms with van der Waals surface area (Å²) in [5.74, 6) is 1.83. The topological polar surface area (TPSA) is 120 Å². The molecule has 5 aromatic rings. The predicted molar refractivity (Wildman–Crippen MR) is 190 cm³/mol. The molecule has 0 bridgehead atoms. The number of carbonyl (C=O) groups excluding carboxylic acids is 2. The highest BCUT2D eigenvalue weighted by Gasteiger charge is 2.36. The molecule has 0 spiro atoms. The van der Waals surface area contributed by atoms with Crippen molar-refractivity contribution in [1.82, 2.24) is 25.1 Å². The third-order valence-electron chi connectivity index (χ3n) is 7.95. The second-order valence-corrected chi connectivity index (χ2v) is 13.1. The molecule has 0 unspecified atom stereocenters. The zero-order valence-corrected chi connectivity index (χ0v) is 29.2. The van der Waals surface area contributed by atoms with Crippen LogP contribution >= 0.6 is 23.1 Å². The number of aromatic nitrogens is 3. The van der Waals surface area contributed by atoms with E-state index < -0.39 is 6.04 Å². The number of aryl methyl sites for hydroxylation is 2. The van der Waals surface area contributed by atoms with Gasteiger partial charge in [0.1, 0.15) is 5.75 Å². The van der Waals surface area contributed by atoms with Crippen molar-refractivity contribution in [2.75, 3.05) is 26.6 Å². The first-order chi connectivity index (χ1) is 23.9. The first kappa shape index (κ1) is 33.7. The average Bonchev–Trinajstić information content (AvgIpc) is 3.90. The van der Waals surface area contributed by atoms with Gasteiger partial charge in [0.15, 0.2) is 29.1 Å². The lowest BCUT2D eigenvalue weighted by Crippen LogP contribution is -2.30. The monoisotopic (exact) mass is 696 g/mol. The van der Waals surface area contributed by atoms with Gasteiger partial charge in [-0.05, 0) is 60.7 Å². The molecule has 0 fully saturated rings. The van der Waals surface area contributed by atoms with Crippen LogP contribution in [0.4, 0.5) is 0 Å². The zero-order chi connectivity index (χ0) is 34.3. The van der Waals surface area contributed by atoms with E-state index in [1.807, 2.05) is 90.5 Å². The summed E-state index contributed by atoms with van der Waals surface area (Å²) in [6.45, 7) is 3.99. The van der Waals surface area contributed by atoms with Crippen LogP contribution in [0, 0.1) is 13.8 Å². The molecular weight excluding hydrogens is 661 g/mol. The quantitative estimate of drug-likeness (QED) is 0.146. The smallest absolute Gasteiger partial charge is 0.258 e. The van der Waals surface area contributed by atoms with E-state index in [9.17, 15) is 9.59 Å². The molecule has 2 amide bonds. The zero-order valence-electron chi connectivity index (χ0n) is 27.6. The molecule has 3 heterocycles. The SMILES string of the molecule is COc1cccc([C@@H]2CC(c3cccs3)=NN2C(=O)CSc2nnc(CNC(=O)COc3ccccc3)n2-c2cc(C)ccc2C)c1OC. The molecule has 252 valence electrons. The van der Waals surface area contributed by atoms with Gasteiger partial charge >= 0.3 is 0 Å². The number of ether oxygens (including phenoxy) is 3. The minimum atomic E-state index is -0.393. The molecule has 13 heteroatoms. The number of hydrazone groups is 1. The number of hydrogen-bond acceptors (Lipinski definition) is 10. The van der Waals surface area contributed by atoms with Crippen molar-refractivity contribution >= 4 is 40.6 Å². The maximum atomic E-state index is 14.1. The molecule has 1 atom stereocenters. The number of rotatable bonds is 13. The van der Waals surface area contributed by atoms with Crippen molar-refractivity contribution < 1.29 is 23.8 Å². The predicted octanol–water partition coefficient (Wildman–Crippen LogP) is 6.13. The van der Waals surface area contributed by atoms with E-state index in [-0.39, 0.29) is 30.7 Å². The minimum Gasteiger partial charge on any atom is -0.493 e. The van der Waals surface area contributed by atoms with Gasteiger partial charge in [0, 0.05) is 12.0 Å². The lowest BCUT2D eigenvalue weighted by atomic mass is 9.99. The summed E-state index contributed by atoms with van der Waals surface area (Å²) in [6, 6.07) is 24.5. The van der Waals surface area contributed by atoms with Crippen LogP contribution in [-0.2, 0) is 16.1 Å². The van der Waals surface area contributed by atoms with Gasteiger partial charge in [-0.25, -0.2) is 5.01 Å². The Morgan fingerprint density at radius 3 is 2.57 bits per heavy atom. The lowest BCUT2D eigenvalue weighted by molar-refractivity contribution is -0.130. The maximum Gasteiger partial charge on any atom is 0.258 e. The molecule has 1 N–H and O–H groups in total. The molecule has 0 saturated heterocycles. The van der Waals surface area contributed by atoms with E-state index in [1.54, 1.807) is 42.7 Å². The fourth-order valence-electron chi connectivity index (χ4n) is 5.55. The Morgan fingerprint density at radius 1 is 0.980 bits per heavy atom. The number of carbonyl (C=O) groups is 2. The standard InChI is InChI=1S/C36H36N6O5S2/c1-23-15-16-24(2)28(18-23)41-32(20-37-33(43)21-47-25-10-6-5-7-11-25)38-39-36(41)49-22-34(44)42-29(19-27(40-42)31-14-9-17-48-31)26-12-8-13-30(45-3)35(26)46-4/h5-18,29H,19-22H2,1-4H3,(H,37,43)/t29-/m0/s1. The van der Waals surface area contributed by atoms with Crippen molar-refractivity contribution in [2.24, 2.45) is 5.10 Å². The second kappa shape index (κ2) is 15.4. The first-order valence-electron chi connectivity index (χ1n) is 15.6. The Balaban J connectivity index is 1.24. The number of hydrogen-bond donors (Lipinski definition) is 1. The normalized spacial score (nSPS) is 14.0. The van der Waals surface area contributed by atoms with Gasteiger partial charge < -0.3 is 19.5 Å². The van der Waals surface area contributed by atoms with Crippen molar-refractivity contribution in [3.8, 4) is 22.9 Å². The number of thiophene rings is 1. The number of nitrogens with zero attached hydrogens (tertiary/aromatic N) is 5. The van der Waals surface area contributed by atoms with Crippen molar-refractivity contribution in [3.63, 3.8) is 0 Å². The van der Waals surface area contributed by atoms with Gasteiger partial charge in [0.25, 0.3) is 11.8 Å². The third-order valence-corrected chi connectivity index (χ3v) is 9.78. The molecular formula is C36H36N6O5S2. The van der Waals surface area contributed by atoms with Gasteiger partial charge in [0.05, 0.1) is 48.8 Å². The number of amides is 2. The molecule has 6 rings (SSSR count). The van der Waals surface area contributed by atoms with Gasteiger partial charge in [-0.1, -0.05) is 60.3 Å². The van der Waals surface area contributed by atoms with E-state index in [0.717, 1.165) is 33.0 Å². The fourth-order valence-corrected chi connectivity index (χ4v) is 7.08. The Morgan fingerprint density at radius 2 is 1.82 bits per heavy atom. The third kappa shape index (κ3) is 7.63. The number of thioether (sulfide) groups is 1. The van der Waals surface area contributed by atoms with E-state index >= 15 is 0 Å². The summed E-state index contributed by atoms with van der Waals surface area (Å²) in [5, 5.41) is 20.7. The Labute approximate surface area is 292 Å². The van der Waals surface area contributed by atoms with Crippen LogP contribution in [0.2, 0.25) is 0 Å². The molecule has 11 nitrogen and oxygen atoms in total.